The number of likely N-dealkylation sites (tertiary alicyclic amines) is 1. The van der Waals surface area contributed by atoms with Crippen LogP contribution in [0.4, 0.5) is 17.2 Å². The zero-order valence-electron chi connectivity index (χ0n) is 20.9. The molecule has 3 aromatic rings. The van der Waals surface area contributed by atoms with Crippen LogP contribution in [0.15, 0.2) is 59.4 Å². The third-order valence-corrected chi connectivity index (χ3v) is 6.64. The summed E-state index contributed by atoms with van der Waals surface area (Å²) >= 11 is 3.48. The molecule has 0 aliphatic carbocycles. The molecule has 194 valence electrons. The Labute approximate surface area is 224 Å². The van der Waals surface area contributed by atoms with Crippen molar-refractivity contribution in [3.63, 3.8) is 0 Å². The Balaban J connectivity index is 1.41. The molecule has 1 aliphatic heterocycles. The number of carbonyl (C=O) groups is 2. The van der Waals surface area contributed by atoms with Gasteiger partial charge in [-0.2, -0.15) is 0 Å². The Morgan fingerprint density at radius 3 is 2.73 bits per heavy atom. The first-order valence-corrected chi connectivity index (χ1v) is 13.0. The van der Waals surface area contributed by atoms with E-state index < -0.39 is 0 Å². The standard InChI is InChI=1S/C27H30BrN5O4/c1-3-37-27(35)18-9-12-33(13-10-18)11-5-8-25(34)32-23-15-21-22(16-24(23)36-2)29-17-30-26(21)31-20-7-4-6-19(28)14-20/h4-8,14-18H,3,9-13H2,1-2H3,(H,32,34)(H,29,30,31). The number of methoxy groups -OCH3 is 1. The van der Waals surface area contributed by atoms with Gasteiger partial charge in [0.15, 0.2) is 0 Å². The molecule has 1 aliphatic rings. The van der Waals surface area contributed by atoms with Crippen molar-refractivity contribution in [1.82, 2.24) is 14.9 Å². The molecule has 9 nitrogen and oxygen atoms in total. The van der Waals surface area contributed by atoms with Crippen LogP contribution in [0.2, 0.25) is 0 Å². The van der Waals surface area contributed by atoms with Crippen LogP contribution >= 0.6 is 15.9 Å². The second-order valence-electron chi connectivity index (χ2n) is 8.65. The largest absolute Gasteiger partial charge is 0.494 e. The van der Waals surface area contributed by atoms with Crippen molar-refractivity contribution in [1.29, 1.82) is 0 Å². The normalized spacial score (nSPS) is 14.6. The second kappa shape index (κ2) is 12.6. The summed E-state index contributed by atoms with van der Waals surface area (Å²) < 4.78 is 11.6. The molecule has 0 radical (unpaired) electrons. The minimum Gasteiger partial charge on any atom is -0.494 e. The van der Waals surface area contributed by atoms with Crippen molar-refractivity contribution in [2.24, 2.45) is 5.92 Å². The van der Waals surface area contributed by atoms with E-state index in [4.69, 9.17) is 9.47 Å². The van der Waals surface area contributed by atoms with Gasteiger partial charge in [-0.3, -0.25) is 14.5 Å². The summed E-state index contributed by atoms with van der Waals surface area (Å²) in [6.07, 6.45) is 6.37. The van der Waals surface area contributed by atoms with Crippen molar-refractivity contribution in [2.75, 3.05) is 44.0 Å². The summed E-state index contributed by atoms with van der Waals surface area (Å²) in [5.74, 6) is 0.709. The highest BCUT2D eigenvalue weighted by Gasteiger charge is 2.25. The molecule has 2 aromatic carbocycles. The lowest BCUT2D eigenvalue weighted by Crippen LogP contribution is -2.37. The molecular formula is C27H30BrN5O4. The molecule has 1 amide bonds. The third-order valence-electron chi connectivity index (χ3n) is 6.14. The molecule has 0 saturated carbocycles. The predicted octanol–water partition coefficient (Wildman–Crippen LogP) is 4.91. The molecule has 1 fully saturated rings. The summed E-state index contributed by atoms with van der Waals surface area (Å²) in [4.78, 5) is 35.6. The summed E-state index contributed by atoms with van der Waals surface area (Å²) in [6, 6.07) is 11.3. The number of piperidine rings is 1. The average Bonchev–Trinajstić information content (AvgIpc) is 2.89. The highest BCUT2D eigenvalue weighted by molar-refractivity contribution is 9.10. The van der Waals surface area contributed by atoms with Crippen LogP contribution in [-0.2, 0) is 14.3 Å². The van der Waals surface area contributed by atoms with E-state index in [1.54, 1.807) is 19.2 Å². The van der Waals surface area contributed by atoms with Crippen LogP contribution in [0, 0.1) is 5.92 Å². The zero-order valence-corrected chi connectivity index (χ0v) is 22.5. The first-order valence-electron chi connectivity index (χ1n) is 12.2. The van der Waals surface area contributed by atoms with Crippen LogP contribution in [-0.4, -0.2) is 60.1 Å². The van der Waals surface area contributed by atoms with Gasteiger partial charge < -0.3 is 20.1 Å². The monoisotopic (exact) mass is 567 g/mol. The van der Waals surface area contributed by atoms with E-state index in [9.17, 15) is 9.59 Å². The summed E-state index contributed by atoms with van der Waals surface area (Å²) in [5, 5.41) is 6.96. The molecule has 37 heavy (non-hydrogen) atoms. The van der Waals surface area contributed by atoms with E-state index in [1.807, 2.05) is 37.3 Å². The lowest BCUT2D eigenvalue weighted by molar-refractivity contribution is -0.149. The molecule has 0 bridgehead atoms. The van der Waals surface area contributed by atoms with Gasteiger partial charge in [-0.1, -0.05) is 28.1 Å². The quantitative estimate of drug-likeness (QED) is 0.277. The Kier molecular flexibility index (Phi) is 9.08. The van der Waals surface area contributed by atoms with Gasteiger partial charge in [-0.05, 0) is 57.1 Å². The van der Waals surface area contributed by atoms with Gasteiger partial charge in [0.1, 0.15) is 17.9 Å². The van der Waals surface area contributed by atoms with E-state index in [0.29, 0.717) is 35.9 Å². The number of anilines is 3. The number of hydrogen-bond acceptors (Lipinski definition) is 8. The fourth-order valence-corrected chi connectivity index (χ4v) is 4.65. The molecule has 0 atom stereocenters. The fourth-order valence-electron chi connectivity index (χ4n) is 4.25. The van der Waals surface area contributed by atoms with Crippen molar-refractivity contribution >= 4 is 55.9 Å². The number of benzene rings is 2. The number of nitrogens with one attached hydrogen (secondary N) is 2. The molecule has 2 N–H and O–H groups in total. The number of amides is 1. The van der Waals surface area contributed by atoms with E-state index in [-0.39, 0.29) is 17.8 Å². The van der Waals surface area contributed by atoms with Crippen LogP contribution < -0.4 is 15.4 Å². The molecule has 1 aromatic heterocycles. The number of rotatable bonds is 9. The first-order chi connectivity index (χ1) is 18.0. The number of esters is 1. The number of ether oxygens (including phenoxy) is 2. The number of aromatic nitrogens is 2. The number of carbonyl (C=O) groups excluding carboxylic acids is 2. The van der Waals surface area contributed by atoms with E-state index in [1.165, 1.54) is 12.4 Å². The van der Waals surface area contributed by atoms with Gasteiger partial charge >= 0.3 is 5.97 Å². The number of nitrogens with zero attached hydrogens (tertiary/aromatic N) is 3. The Morgan fingerprint density at radius 2 is 2.00 bits per heavy atom. The van der Waals surface area contributed by atoms with Gasteiger partial charge in [-0.25, -0.2) is 9.97 Å². The van der Waals surface area contributed by atoms with Gasteiger partial charge in [0.25, 0.3) is 0 Å². The number of fused-ring (bicyclic) bond motifs is 1. The minimum atomic E-state index is -0.266. The van der Waals surface area contributed by atoms with Crippen molar-refractivity contribution in [2.45, 2.75) is 19.8 Å². The lowest BCUT2D eigenvalue weighted by Gasteiger charge is -2.29. The summed E-state index contributed by atoms with van der Waals surface area (Å²) in [5.41, 5.74) is 2.07. The SMILES string of the molecule is CCOC(=O)C1CCN(CC=CC(=O)Nc2cc3c(Nc4cccc(Br)c4)ncnc3cc2OC)CC1. The lowest BCUT2D eigenvalue weighted by atomic mass is 9.97. The first kappa shape index (κ1) is 26.6. The highest BCUT2D eigenvalue weighted by atomic mass is 79.9. The molecule has 4 rings (SSSR count). The maximum atomic E-state index is 12.7. The average molecular weight is 568 g/mol. The van der Waals surface area contributed by atoms with Crippen LogP contribution in [0.5, 0.6) is 5.75 Å². The molecule has 10 heteroatoms. The van der Waals surface area contributed by atoms with E-state index in [2.05, 4.69) is 41.4 Å². The molecule has 1 saturated heterocycles. The predicted molar refractivity (Wildman–Crippen MR) is 147 cm³/mol. The van der Waals surface area contributed by atoms with Gasteiger partial charge in [0.05, 0.1) is 30.8 Å². The van der Waals surface area contributed by atoms with Gasteiger partial charge in [0.2, 0.25) is 5.91 Å². The Hall–Kier alpha value is -3.50. The maximum Gasteiger partial charge on any atom is 0.309 e. The van der Waals surface area contributed by atoms with Crippen LogP contribution in [0.1, 0.15) is 19.8 Å². The van der Waals surface area contributed by atoms with Gasteiger partial charge in [-0.15, -0.1) is 0 Å². The summed E-state index contributed by atoms with van der Waals surface area (Å²) in [6.45, 7) is 4.45. The minimum absolute atomic E-state index is 0.0318. The van der Waals surface area contributed by atoms with E-state index in [0.717, 1.165) is 41.5 Å². The molecule has 0 spiro atoms. The van der Waals surface area contributed by atoms with Crippen molar-refractivity contribution in [3.05, 3.63) is 59.4 Å². The highest BCUT2D eigenvalue weighted by Crippen LogP contribution is 2.33. The van der Waals surface area contributed by atoms with E-state index >= 15 is 0 Å². The smallest absolute Gasteiger partial charge is 0.309 e. The Morgan fingerprint density at radius 1 is 1.19 bits per heavy atom. The number of halogens is 1. The zero-order chi connectivity index (χ0) is 26.2. The second-order valence-corrected chi connectivity index (χ2v) is 9.56. The van der Waals surface area contributed by atoms with Crippen LogP contribution in [0.25, 0.3) is 10.9 Å². The Bertz CT molecular complexity index is 1290. The summed E-state index contributed by atoms with van der Waals surface area (Å²) in [7, 11) is 1.55. The topological polar surface area (TPSA) is 106 Å². The molecular weight excluding hydrogens is 538 g/mol. The molecule has 2 heterocycles. The third kappa shape index (κ3) is 7.05. The fraction of sp³-hybridized carbons (Fsp3) is 0.333. The number of hydrogen-bond donors (Lipinski definition) is 2. The van der Waals surface area contributed by atoms with Crippen molar-refractivity contribution in [3.8, 4) is 5.75 Å². The maximum absolute atomic E-state index is 12.7. The van der Waals surface area contributed by atoms with Gasteiger partial charge in [0, 0.05) is 34.2 Å². The van der Waals surface area contributed by atoms with Crippen LogP contribution in [0.3, 0.4) is 0 Å². The van der Waals surface area contributed by atoms with Crippen molar-refractivity contribution < 1.29 is 19.1 Å². The molecule has 0 unspecified atom stereocenters.